The molecule has 0 heterocycles. The van der Waals surface area contributed by atoms with Crippen LogP contribution in [0.3, 0.4) is 0 Å². The van der Waals surface area contributed by atoms with Gasteiger partial charge in [0.2, 0.25) is 5.78 Å². The van der Waals surface area contributed by atoms with E-state index in [1.807, 2.05) is 52.1 Å². The van der Waals surface area contributed by atoms with E-state index in [0.717, 1.165) is 11.1 Å². The standard InChI is InChI=1S/C28H29NO5.C2HF3O2/c1-18-6-10-20(11-7-18)26(31)33-24-15-14-22(23(30)17-29-28(3,4)5)16-25(24)34-27(32)21-12-8-19(2)9-13-21;3-2(4,5)1(6)7/h6-16,29H,17H2,1-5H3;(H,6,7). The zero-order valence-corrected chi connectivity index (χ0v) is 23.1. The van der Waals surface area contributed by atoms with Crippen LogP contribution in [-0.4, -0.2) is 42.0 Å². The second-order valence-electron chi connectivity index (χ2n) is 10.2. The number of carboxylic acid groups (broad SMARTS) is 1. The van der Waals surface area contributed by atoms with Crippen LogP contribution in [0.4, 0.5) is 13.2 Å². The predicted molar refractivity (Wildman–Crippen MR) is 141 cm³/mol. The molecule has 0 aliphatic heterocycles. The first kappa shape index (κ1) is 32.7. The van der Waals surface area contributed by atoms with Gasteiger partial charge < -0.3 is 24.7 Å². The molecule has 0 unspecified atom stereocenters. The molecule has 0 saturated carbocycles. The molecule has 0 saturated heterocycles. The number of hydrogen-bond acceptors (Lipinski definition) is 7. The number of aryl methyl sites for hydroxylation is 2. The number of alkyl halides is 3. The minimum atomic E-state index is -5.19. The molecule has 0 fully saturated rings. The zero-order chi connectivity index (χ0) is 31.0. The topological polar surface area (TPSA) is 126 Å². The Morgan fingerprint density at radius 1 is 0.707 bits per heavy atom. The highest BCUT2D eigenvalue weighted by atomic mass is 19.4. The Bertz CT molecular complexity index is 1390. The van der Waals surface area contributed by atoms with Crippen molar-refractivity contribution in [3.8, 4) is 11.5 Å². The predicted octanol–water partition coefficient (Wildman–Crippen LogP) is 3.59. The molecule has 0 bridgehead atoms. The van der Waals surface area contributed by atoms with Gasteiger partial charge in [0.1, 0.15) is 12.5 Å². The third-order valence-corrected chi connectivity index (χ3v) is 5.38. The van der Waals surface area contributed by atoms with Crippen molar-refractivity contribution < 1.29 is 52.2 Å². The maximum atomic E-state index is 12.8. The van der Waals surface area contributed by atoms with Gasteiger partial charge in [0, 0.05) is 5.56 Å². The number of rotatable bonds is 7. The van der Waals surface area contributed by atoms with Gasteiger partial charge in [-0.1, -0.05) is 35.4 Å². The Morgan fingerprint density at radius 3 is 1.49 bits per heavy atom. The third kappa shape index (κ3) is 10.9. The van der Waals surface area contributed by atoms with Crippen LogP contribution in [0.25, 0.3) is 0 Å². The van der Waals surface area contributed by atoms with Crippen molar-refractivity contribution in [3.63, 3.8) is 0 Å². The summed E-state index contributed by atoms with van der Waals surface area (Å²) in [5.74, 6) is -4.27. The fourth-order valence-electron chi connectivity index (χ4n) is 3.06. The normalized spacial score (nSPS) is 11.1. The quantitative estimate of drug-likeness (QED) is 0.260. The summed E-state index contributed by atoms with van der Waals surface area (Å²) < 4.78 is 42.7. The highest BCUT2D eigenvalue weighted by Gasteiger charge is 2.29. The number of Topliss-reactive ketones (excluding diaryl/α,β-unsaturated/α-hetero) is 1. The van der Waals surface area contributed by atoms with Crippen LogP contribution in [-0.2, 0) is 4.79 Å². The van der Waals surface area contributed by atoms with Gasteiger partial charge in [-0.05, 0) is 77.1 Å². The van der Waals surface area contributed by atoms with Gasteiger partial charge in [0.25, 0.3) is 0 Å². The molecule has 0 amide bonds. The van der Waals surface area contributed by atoms with Crippen molar-refractivity contribution >= 4 is 23.7 Å². The van der Waals surface area contributed by atoms with E-state index >= 15 is 0 Å². The minimum Gasteiger partial charge on any atom is -0.542 e. The number of esters is 2. The fourth-order valence-corrected chi connectivity index (χ4v) is 3.06. The summed E-state index contributed by atoms with van der Waals surface area (Å²) in [5.41, 5.74) is 2.98. The number of benzene rings is 3. The Hall–Kier alpha value is -4.51. The average molecular weight is 574 g/mol. The molecule has 11 heteroatoms. The van der Waals surface area contributed by atoms with E-state index in [0.29, 0.717) is 16.7 Å². The lowest BCUT2D eigenvalue weighted by Crippen LogP contribution is -2.95. The van der Waals surface area contributed by atoms with Gasteiger partial charge in [-0.2, -0.15) is 13.2 Å². The first-order valence-electron chi connectivity index (χ1n) is 12.3. The van der Waals surface area contributed by atoms with Crippen LogP contribution in [0.1, 0.15) is 63.0 Å². The molecule has 3 rings (SSSR count). The van der Waals surface area contributed by atoms with Crippen LogP contribution in [0.5, 0.6) is 11.5 Å². The fraction of sp³-hybridized carbons (Fsp3) is 0.267. The summed E-state index contributed by atoms with van der Waals surface area (Å²) in [6, 6.07) is 18.4. The Kier molecular flexibility index (Phi) is 10.9. The summed E-state index contributed by atoms with van der Waals surface area (Å²) >= 11 is 0. The van der Waals surface area contributed by atoms with Crippen LogP contribution in [0.2, 0.25) is 0 Å². The van der Waals surface area contributed by atoms with Crippen LogP contribution < -0.4 is 19.9 Å². The second-order valence-corrected chi connectivity index (χ2v) is 10.2. The lowest BCUT2D eigenvalue weighted by molar-refractivity contribution is -0.706. The number of hydrogen-bond donors (Lipinski definition) is 1. The van der Waals surface area contributed by atoms with E-state index in [1.165, 1.54) is 12.1 Å². The molecule has 0 aliphatic rings. The molecule has 0 spiro atoms. The van der Waals surface area contributed by atoms with Gasteiger partial charge in [0.05, 0.1) is 16.7 Å². The Morgan fingerprint density at radius 2 is 1.10 bits per heavy atom. The summed E-state index contributed by atoms with van der Waals surface area (Å²) in [6.07, 6.45) is -5.19. The van der Waals surface area contributed by atoms with E-state index in [9.17, 15) is 27.6 Å². The highest BCUT2D eigenvalue weighted by molar-refractivity contribution is 5.98. The molecule has 8 nitrogen and oxygen atoms in total. The molecule has 41 heavy (non-hydrogen) atoms. The first-order valence-corrected chi connectivity index (χ1v) is 12.3. The number of quaternary nitrogens is 1. The maximum Gasteiger partial charge on any atom is 0.430 e. The van der Waals surface area contributed by atoms with Gasteiger partial charge in [-0.3, -0.25) is 4.79 Å². The Labute approximate surface area is 235 Å². The first-order chi connectivity index (χ1) is 19.0. The van der Waals surface area contributed by atoms with E-state index in [-0.39, 0.29) is 29.4 Å². The molecular formula is C30H30F3NO7. The van der Waals surface area contributed by atoms with Crippen molar-refractivity contribution in [1.82, 2.24) is 0 Å². The molecule has 0 aliphatic carbocycles. The average Bonchev–Trinajstić information content (AvgIpc) is 2.88. The van der Waals surface area contributed by atoms with E-state index in [4.69, 9.17) is 19.4 Å². The summed E-state index contributed by atoms with van der Waals surface area (Å²) in [4.78, 5) is 47.0. The number of carboxylic acids is 1. The number of ether oxygens (including phenoxy) is 2. The van der Waals surface area contributed by atoms with Gasteiger partial charge in [0.15, 0.2) is 11.5 Å². The number of carbonyl (C=O) groups excluding carboxylic acids is 4. The summed E-state index contributed by atoms with van der Waals surface area (Å²) in [7, 11) is 0. The smallest absolute Gasteiger partial charge is 0.430 e. The summed E-state index contributed by atoms with van der Waals surface area (Å²) in [5, 5.41) is 10.7. The van der Waals surface area contributed by atoms with Crippen molar-refractivity contribution in [2.75, 3.05) is 6.54 Å². The SMILES string of the molecule is Cc1ccc(C(=O)Oc2ccc(C(=O)C[NH2+]C(C)(C)C)cc2OC(=O)c2ccc(C)cc2)cc1.O=C([O-])C(F)(F)F. The van der Waals surface area contributed by atoms with Crippen LogP contribution >= 0.6 is 0 Å². The van der Waals surface area contributed by atoms with Gasteiger partial charge in [-0.15, -0.1) is 0 Å². The zero-order valence-electron chi connectivity index (χ0n) is 23.1. The maximum absolute atomic E-state index is 12.8. The number of carbonyl (C=O) groups is 4. The number of aliphatic carboxylic acids is 1. The molecule has 2 N–H and O–H groups in total. The number of nitrogens with two attached hydrogens (primary N) is 1. The van der Waals surface area contributed by atoms with E-state index < -0.39 is 24.1 Å². The van der Waals surface area contributed by atoms with Crippen molar-refractivity contribution in [2.24, 2.45) is 0 Å². The lowest BCUT2D eigenvalue weighted by Gasteiger charge is -2.16. The monoisotopic (exact) mass is 573 g/mol. The molecular weight excluding hydrogens is 543 g/mol. The highest BCUT2D eigenvalue weighted by Crippen LogP contribution is 2.30. The lowest BCUT2D eigenvalue weighted by atomic mass is 10.1. The van der Waals surface area contributed by atoms with Crippen molar-refractivity contribution in [3.05, 3.63) is 94.5 Å². The second kappa shape index (κ2) is 13.7. The minimum absolute atomic E-state index is 0.00708. The molecule has 0 radical (unpaired) electrons. The molecule has 218 valence electrons. The third-order valence-electron chi connectivity index (χ3n) is 5.38. The molecule has 3 aromatic rings. The van der Waals surface area contributed by atoms with E-state index in [2.05, 4.69) is 0 Å². The van der Waals surface area contributed by atoms with Gasteiger partial charge in [-0.25, -0.2) is 9.59 Å². The molecule has 0 atom stereocenters. The van der Waals surface area contributed by atoms with Gasteiger partial charge >= 0.3 is 18.1 Å². The number of halogens is 3. The Balaban J connectivity index is 0.000000745. The largest absolute Gasteiger partial charge is 0.542 e. The van der Waals surface area contributed by atoms with Crippen molar-refractivity contribution in [2.45, 2.75) is 46.3 Å². The van der Waals surface area contributed by atoms with Crippen LogP contribution in [0.15, 0.2) is 66.7 Å². The molecule has 3 aromatic carbocycles. The van der Waals surface area contributed by atoms with E-state index in [1.54, 1.807) is 42.5 Å². The molecule has 0 aromatic heterocycles. The summed E-state index contributed by atoms with van der Waals surface area (Å²) in [6.45, 7) is 10.1. The number of ketones is 1. The van der Waals surface area contributed by atoms with Crippen molar-refractivity contribution in [1.29, 1.82) is 0 Å². The van der Waals surface area contributed by atoms with Crippen LogP contribution in [0, 0.1) is 13.8 Å².